The highest BCUT2D eigenvalue weighted by Gasteiger charge is 2.29. The molecule has 0 heterocycles. The Labute approximate surface area is 174 Å². The molecule has 0 spiro atoms. The van der Waals surface area contributed by atoms with E-state index in [0.717, 1.165) is 12.1 Å². The SMILES string of the molecule is CCN(CC)S(=O)(=O)c1ccc(CNC(=O)C#Cc2ccc(C(F)(F)F)cc2)cc1. The third-order valence-electron chi connectivity index (χ3n) is 4.25. The van der Waals surface area contributed by atoms with Gasteiger partial charge in [0.25, 0.3) is 5.91 Å². The summed E-state index contributed by atoms with van der Waals surface area (Å²) in [6.07, 6.45) is -4.43. The summed E-state index contributed by atoms with van der Waals surface area (Å²) in [5.74, 6) is 4.21. The van der Waals surface area contributed by atoms with Crippen molar-refractivity contribution in [2.24, 2.45) is 0 Å². The van der Waals surface area contributed by atoms with Gasteiger partial charge in [0.1, 0.15) is 0 Å². The Morgan fingerprint density at radius 2 is 1.57 bits per heavy atom. The van der Waals surface area contributed by atoms with Crippen LogP contribution in [0.3, 0.4) is 0 Å². The molecule has 2 aromatic carbocycles. The number of hydrogen-bond acceptors (Lipinski definition) is 3. The van der Waals surface area contributed by atoms with E-state index < -0.39 is 27.7 Å². The number of sulfonamides is 1. The van der Waals surface area contributed by atoms with Crippen LogP contribution in [-0.4, -0.2) is 31.7 Å². The van der Waals surface area contributed by atoms with Gasteiger partial charge in [-0.2, -0.15) is 17.5 Å². The van der Waals surface area contributed by atoms with Gasteiger partial charge in [-0.1, -0.05) is 31.9 Å². The second-order valence-electron chi connectivity index (χ2n) is 6.24. The normalized spacial score (nSPS) is 11.7. The molecule has 0 aromatic heterocycles. The Morgan fingerprint density at radius 1 is 1.00 bits per heavy atom. The van der Waals surface area contributed by atoms with Crippen LogP contribution in [0.2, 0.25) is 0 Å². The molecule has 0 saturated heterocycles. The molecule has 0 unspecified atom stereocenters. The molecule has 0 aliphatic carbocycles. The topological polar surface area (TPSA) is 66.5 Å². The van der Waals surface area contributed by atoms with Crippen molar-refractivity contribution < 1.29 is 26.4 Å². The van der Waals surface area contributed by atoms with Gasteiger partial charge in [-0.3, -0.25) is 4.79 Å². The van der Waals surface area contributed by atoms with E-state index in [-0.39, 0.29) is 17.0 Å². The molecular formula is C21H21F3N2O3S. The number of halogens is 3. The molecular weight excluding hydrogens is 417 g/mol. The van der Waals surface area contributed by atoms with E-state index in [0.29, 0.717) is 18.7 Å². The van der Waals surface area contributed by atoms with Gasteiger partial charge in [0.2, 0.25) is 10.0 Å². The van der Waals surface area contributed by atoms with Gasteiger partial charge in [0.05, 0.1) is 10.5 Å². The minimum absolute atomic E-state index is 0.131. The summed E-state index contributed by atoms with van der Waals surface area (Å²) >= 11 is 0. The molecule has 1 amide bonds. The molecule has 5 nitrogen and oxygen atoms in total. The predicted octanol–water partition coefficient (Wildman–Crippen LogP) is 3.40. The van der Waals surface area contributed by atoms with Crippen LogP contribution < -0.4 is 5.32 Å². The Kier molecular flexibility index (Phi) is 7.65. The van der Waals surface area contributed by atoms with Crippen LogP contribution in [-0.2, 0) is 27.5 Å². The quantitative estimate of drug-likeness (QED) is 0.703. The molecule has 0 aliphatic rings. The summed E-state index contributed by atoms with van der Waals surface area (Å²) in [5.41, 5.74) is 0.172. The van der Waals surface area contributed by atoms with E-state index in [1.165, 1.54) is 28.6 Å². The number of carbonyl (C=O) groups excluding carboxylic acids is 1. The summed E-state index contributed by atoms with van der Waals surface area (Å²) in [6.45, 7) is 4.39. The standard InChI is InChI=1S/C21H21F3N2O3S/c1-3-26(4-2)30(28,29)19-12-7-17(8-13-19)15-25-20(27)14-9-16-5-10-18(11-6-16)21(22,23)24/h5-8,10-13H,3-4,15H2,1-2H3,(H,25,27). The van der Waals surface area contributed by atoms with E-state index in [1.807, 2.05) is 0 Å². The molecule has 0 aliphatic heterocycles. The lowest BCUT2D eigenvalue weighted by atomic mass is 10.1. The van der Waals surface area contributed by atoms with E-state index in [4.69, 9.17) is 0 Å². The Hall–Kier alpha value is -2.83. The molecule has 1 N–H and O–H groups in total. The maximum absolute atomic E-state index is 12.5. The van der Waals surface area contributed by atoms with Crippen molar-refractivity contribution in [2.75, 3.05) is 13.1 Å². The lowest BCUT2D eigenvalue weighted by Crippen LogP contribution is -2.30. The molecule has 0 atom stereocenters. The number of benzene rings is 2. The maximum atomic E-state index is 12.5. The highest BCUT2D eigenvalue weighted by atomic mass is 32.2. The third-order valence-corrected chi connectivity index (χ3v) is 6.32. The van der Waals surface area contributed by atoms with Crippen molar-refractivity contribution in [1.29, 1.82) is 0 Å². The zero-order chi connectivity index (χ0) is 22.4. The molecule has 2 rings (SSSR count). The van der Waals surface area contributed by atoms with Gasteiger partial charge in [-0.05, 0) is 42.0 Å². The minimum Gasteiger partial charge on any atom is -0.341 e. The average molecular weight is 438 g/mol. The van der Waals surface area contributed by atoms with Crippen LogP contribution in [0, 0.1) is 11.8 Å². The van der Waals surface area contributed by atoms with Crippen LogP contribution in [0.4, 0.5) is 13.2 Å². The van der Waals surface area contributed by atoms with Gasteiger partial charge in [-0.15, -0.1) is 0 Å². The highest BCUT2D eigenvalue weighted by Crippen LogP contribution is 2.28. The van der Waals surface area contributed by atoms with Crippen LogP contribution in [0.25, 0.3) is 0 Å². The summed E-state index contributed by atoms with van der Waals surface area (Å²) in [6, 6.07) is 10.3. The van der Waals surface area contributed by atoms with E-state index in [1.54, 1.807) is 26.0 Å². The van der Waals surface area contributed by atoms with Crippen molar-refractivity contribution in [1.82, 2.24) is 9.62 Å². The number of nitrogens with one attached hydrogen (secondary N) is 1. The van der Waals surface area contributed by atoms with Crippen molar-refractivity contribution in [3.05, 3.63) is 65.2 Å². The second kappa shape index (κ2) is 9.78. The fourth-order valence-corrected chi connectivity index (χ4v) is 4.05. The van der Waals surface area contributed by atoms with Crippen molar-refractivity contribution in [3.63, 3.8) is 0 Å². The molecule has 0 fully saturated rings. The largest absolute Gasteiger partial charge is 0.416 e. The first-order valence-corrected chi connectivity index (χ1v) is 10.6. The van der Waals surface area contributed by atoms with E-state index in [2.05, 4.69) is 17.2 Å². The van der Waals surface area contributed by atoms with Crippen molar-refractivity contribution in [3.8, 4) is 11.8 Å². The third kappa shape index (κ3) is 6.08. The van der Waals surface area contributed by atoms with Gasteiger partial charge < -0.3 is 5.32 Å². The van der Waals surface area contributed by atoms with Gasteiger partial charge in [0.15, 0.2) is 0 Å². The summed E-state index contributed by atoms with van der Waals surface area (Å²) in [4.78, 5) is 12.0. The van der Waals surface area contributed by atoms with Crippen LogP contribution in [0.5, 0.6) is 0 Å². The maximum Gasteiger partial charge on any atom is 0.416 e. The summed E-state index contributed by atoms with van der Waals surface area (Å²) < 4.78 is 63.8. The molecule has 30 heavy (non-hydrogen) atoms. The first kappa shape index (κ1) is 23.4. The molecule has 0 radical (unpaired) electrons. The first-order valence-electron chi connectivity index (χ1n) is 9.14. The Bertz CT molecular complexity index is 1030. The van der Waals surface area contributed by atoms with Crippen molar-refractivity contribution in [2.45, 2.75) is 31.5 Å². The lowest BCUT2D eigenvalue weighted by molar-refractivity contribution is -0.137. The van der Waals surface area contributed by atoms with Gasteiger partial charge in [-0.25, -0.2) is 8.42 Å². The van der Waals surface area contributed by atoms with E-state index in [9.17, 15) is 26.4 Å². The number of alkyl halides is 3. The van der Waals surface area contributed by atoms with Crippen LogP contribution in [0.15, 0.2) is 53.4 Å². The Morgan fingerprint density at radius 3 is 2.07 bits per heavy atom. The molecule has 0 saturated carbocycles. The molecule has 2 aromatic rings. The predicted molar refractivity (Wildman–Crippen MR) is 107 cm³/mol. The van der Waals surface area contributed by atoms with Crippen LogP contribution in [0.1, 0.15) is 30.5 Å². The van der Waals surface area contributed by atoms with Gasteiger partial charge in [0, 0.05) is 31.1 Å². The average Bonchev–Trinajstić information content (AvgIpc) is 2.71. The smallest absolute Gasteiger partial charge is 0.341 e. The number of amides is 1. The number of hydrogen-bond donors (Lipinski definition) is 1. The lowest BCUT2D eigenvalue weighted by Gasteiger charge is -2.18. The van der Waals surface area contributed by atoms with E-state index >= 15 is 0 Å². The first-order chi connectivity index (χ1) is 14.1. The zero-order valence-electron chi connectivity index (χ0n) is 16.5. The molecule has 160 valence electrons. The van der Waals surface area contributed by atoms with Crippen LogP contribution >= 0.6 is 0 Å². The number of rotatable bonds is 6. The monoisotopic (exact) mass is 438 g/mol. The Balaban J connectivity index is 1.97. The van der Waals surface area contributed by atoms with Crippen molar-refractivity contribution >= 4 is 15.9 Å². The second-order valence-corrected chi connectivity index (χ2v) is 8.18. The van der Waals surface area contributed by atoms with Gasteiger partial charge >= 0.3 is 6.18 Å². The zero-order valence-corrected chi connectivity index (χ0v) is 17.3. The molecule has 0 bridgehead atoms. The number of carbonyl (C=O) groups is 1. The summed E-state index contributed by atoms with van der Waals surface area (Å²) in [5, 5.41) is 2.56. The molecule has 9 heteroatoms. The minimum atomic E-state index is -4.43. The number of nitrogens with zero attached hydrogens (tertiary/aromatic N) is 1. The fourth-order valence-electron chi connectivity index (χ4n) is 2.59. The summed E-state index contributed by atoms with van der Waals surface area (Å²) in [7, 11) is -3.55. The fraction of sp³-hybridized carbons (Fsp3) is 0.286. The highest BCUT2D eigenvalue weighted by molar-refractivity contribution is 7.89.